The van der Waals surface area contributed by atoms with Crippen LogP contribution in [-0.2, 0) is 4.79 Å². The van der Waals surface area contributed by atoms with Crippen molar-refractivity contribution in [1.29, 1.82) is 0 Å². The van der Waals surface area contributed by atoms with Crippen molar-refractivity contribution in [2.75, 3.05) is 13.1 Å². The predicted octanol–water partition coefficient (Wildman–Crippen LogP) is 2.17. The van der Waals surface area contributed by atoms with E-state index in [9.17, 15) is 9.59 Å². The predicted molar refractivity (Wildman–Crippen MR) is 73.9 cm³/mol. The lowest BCUT2D eigenvalue weighted by Gasteiger charge is -2.32. The molecule has 0 aromatic carbocycles. The molecule has 1 aliphatic rings. The number of carbonyl (C=O) groups is 2. The normalized spacial score (nSPS) is 25.2. The number of likely N-dealkylation sites (tertiary alicyclic amines) is 1. The summed E-state index contributed by atoms with van der Waals surface area (Å²) in [6.07, 6.45) is -0.0474. The van der Waals surface area contributed by atoms with E-state index in [4.69, 9.17) is 5.11 Å². The van der Waals surface area contributed by atoms with Crippen molar-refractivity contribution < 1.29 is 14.7 Å². The highest BCUT2D eigenvalue weighted by Crippen LogP contribution is 2.25. The third-order valence-electron chi connectivity index (χ3n) is 4.00. The Morgan fingerprint density at radius 3 is 2.11 bits per heavy atom. The first-order valence-corrected chi connectivity index (χ1v) is 6.88. The SMILES string of the molecule is CC1CN(C(=O)NC(CC(=O)O)C(C)(C)C)CC1C. The Bertz CT molecular complexity index is 339. The molecule has 2 amide bonds. The van der Waals surface area contributed by atoms with Crippen LogP contribution in [0.4, 0.5) is 4.79 Å². The van der Waals surface area contributed by atoms with Crippen LogP contribution in [0.2, 0.25) is 0 Å². The van der Waals surface area contributed by atoms with Crippen LogP contribution in [0.1, 0.15) is 41.0 Å². The van der Waals surface area contributed by atoms with Gasteiger partial charge in [-0.25, -0.2) is 4.79 Å². The molecule has 0 aromatic heterocycles. The van der Waals surface area contributed by atoms with Crippen LogP contribution < -0.4 is 5.32 Å². The molecule has 5 heteroatoms. The highest BCUT2D eigenvalue weighted by Gasteiger charge is 2.33. The third kappa shape index (κ3) is 4.40. The van der Waals surface area contributed by atoms with Crippen LogP contribution in [0.3, 0.4) is 0 Å². The molecule has 19 heavy (non-hydrogen) atoms. The molecule has 1 heterocycles. The lowest BCUT2D eigenvalue weighted by Crippen LogP contribution is -2.50. The van der Waals surface area contributed by atoms with Crippen molar-refractivity contribution in [3.8, 4) is 0 Å². The number of carbonyl (C=O) groups excluding carboxylic acids is 1. The number of carboxylic acid groups (broad SMARTS) is 1. The maximum absolute atomic E-state index is 12.2. The topological polar surface area (TPSA) is 69.6 Å². The minimum atomic E-state index is -0.886. The highest BCUT2D eigenvalue weighted by molar-refractivity contribution is 5.76. The van der Waals surface area contributed by atoms with E-state index in [2.05, 4.69) is 19.2 Å². The van der Waals surface area contributed by atoms with E-state index < -0.39 is 5.97 Å². The van der Waals surface area contributed by atoms with Gasteiger partial charge in [0.05, 0.1) is 6.42 Å². The molecule has 5 nitrogen and oxygen atoms in total. The number of rotatable bonds is 3. The Hall–Kier alpha value is -1.26. The van der Waals surface area contributed by atoms with Gasteiger partial charge in [-0.2, -0.15) is 0 Å². The summed E-state index contributed by atoms with van der Waals surface area (Å²) >= 11 is 0. The summed E-state index contributed by atoms with van der Waals surface area (Å²) in [6, 6.07) is -0.499. The van der Waals surface area contributed by atoms with Crippen LogP contribution in [0.15, 0.2) is 0 Å². The van der Waals surface area contributed by atoms with Gasteiger partial charge in [-0.05, 0) is 17.3 Å². The smallest absolute Gasteiger partial charge is 0.317 e. The van der Waals surface area contributed by atoms with E-state index in [1.54, 1.807) is 4.90 Å². The van der Waals surface area contributed by atoms with Crippen molar-refractivity contribution in [3.63, 3.8) is 0 Å². The molecule has 0 radical (unpaired) electrons. The van der Waals surface area contributed by atoms with E-state index in [0.717, 1.165) is 13.1 Å². The number of carboxylic acids is 1. The minimum absolute atomic E-state index is 0.0474. The molecule has 0 bridgehead atoms. The summed E-state index contributed by atoms with van der Waals surface area (Å²) in [5, 5.41) is 11.8. The Balaban J connectivity index is 2.64. The van der Waals surface area contributed by atoms with E-state index in [1.165, 1.54) is 0 Å². The Morgan fingerprint density at radius 1 is 1.26 bits per heavy atom. The third-order valence-corrected chi connectivity index (χ3v) is 4.00. The average Bonchev–Trinajstić information content (AvgIpc) is 2.56. The zero-order chi connectivity index (χ0) is 14.8. The van der Waals surface area contributed by atoms with Gasteiger partial charge in [0, 0.05) is 19.1 Å². The minimum Gasteiger partial charge on any atom is -0.481 e. The maximum Gasteiger partial charge on any atom is 0.317 e. The number of aliphatic carboxylic acids is 1. The molecular weight excluding hydrogens is 244 g/mol. The van der Waals surface area contributed by atoms with Crippen LogP contribution in [0, 0.1) is 17.3 Å². The van der Waals surface area contributed by atoms with Gasteiger partial charge in [0.15, 0.2) is 0 Å². The first-order valence-electron chi connectivity index (χ1n) is 6.88. The molecule has 110 valence electrons. The van der Waals surface area contributed by atoms with E-state index in [-0.39, 0.29) is 23.9 Å². The fourth-order valence-electron chi connectivity index (χ4n) is 2.28. The number of nitrogens with one attached hydrogen (secondary N) is 1. The summed E-state index contributed by atoms with van der Waals surface area (Å²) in [6.45, 7) is 11.6. The standard InChI is InChI=1S/C14H26N2O3/c1-9-7-16(8-10(9)2)13(19)15-11(6-12(17)18)14(3,4)5/h9-11H,6-8H2,1-5H3,(H,15,19)(H,17,18). The second-order valence-corrected chi connectivity index (χ2v) is 6.83. The van der Waals surface area contributed by atoms with Gasteiger partial charge in [0.2, 0.25) is 0 Å². The number of nitrogens with zero attached hydrogens (tertiary/aromatic N) is 1. The first-order chi connectivity index (χ1) is 8.61. The summed E-state index contributed by atoms with van der Waals surface area (Å²) in [5.74, 6) is 0.111. The van der Waals surface area contributed by atoms with Crippen molar-refractivity contribution in [1.82, 2.24) is 10.2 Å². The lowest BCUT2D eigenvalue weighted by molar-refractivity contribution is -0.138. The Morgan fingerprint density at radius 2 is 1.74 bits per heavy atom. The van der Waals surface area contributed by atoms with Crippen molar-refractivity contribution in [2.45, 2.75) is 47.1 Å². The molecular formula is C14H26N2O3. The second kappa shape index (κ2) is 5.80. The summed E-state index contributed by atoms with van der Waals surface area (Å²) in [4.78, 5) is 24.9. The zero-order valence-corrected chi connectivity index (χ0v) is 12.6. The first kappa shape index (κ1) is 15.8. The summed E-state index contributed by atoms with van der Waals surface area (Å²) in [5.41, 5.74) is -0.273. The lowest BCUT2D eigenvalue weighted by atomic mass is 9.85. The number of amides is 2. The van der Waals surface area contributed by atoms with Crippen molar-refractivity contribution in [2.24, 2.45) is 17.3 Å². The zero-order valence-electron chi connectivity index (χ0n) is 12.6. The molecule has 1 saturated heterocycles. The Labute approximate surface area is 115 Å². The largest absolute Gasteiger partial charge is 0.481 e. The van der Waals surface area contributed by atoms with Crippen LogP contribution >= 0.6 is 0 Å². The maximum atomic E-state index is 12.2. The van der Waals surface area contributed by atoms with E-state index in [1.807, 2.05) is 20.8 Å². The van der Waals surface area contributed by atoms with E-state index in [0.29, 0.717) is 11.8 Å². The molecule has 1 aliphatic heterocycles. The van der Waals surface area contributed by atoms with Crippen molar-refractivity contribution in [3.05, 3.63) is 0 Å². The van der Waals surface area contributed by atoms with Gasteiger partial charge < -0.3 is 15.3 Å². The molecule has 3 unspecified atom stereocenters. The van der Waals surface area contributed by atoms with E-state index >= 15 is 0 Å². The highest BCUT2D eigenvalue weighted by atomic mass is 16.4. The monoisotopic (exact) mass is 270 g/mol. The van der Waals surface area contributed by atoms with Gasteiger partial charge in [-0.15, -0.1) is 0 Å². The van der Waals surface area contributed by atoms with Gasteiger partial charge in [0.25, 0.3) is 0 Å². The number of urea groups is 1. The molecule has 0 spiro atoms. The quantitative estimate of drug-likeness (QED) is 0.825. The average molecular weight is 270 g/mol. The fraction of sp³-hybridized carbons (Fsp3) is 0.857. The molecule has 0 saturated carbocycles. The van der Waals surface area contributed by atoms with Gasteiger partial charge in [0.1, 0.15) is 0 Å². The summed E-state index contributed by atoms with van der Waals surface area (Å²) in [7, 11) is 0. The summed E-state index contributed by atoms with van der Waals surface area (Å²) < 4.78 is 0. The molecule has 2 N–H and O–H groups in total. The second-order valence-electron chi connectivity index (χ2n) is 6.83. The fourth-order valence-corrected chi connectivity index (χ4v) is 2.28. The molecule has 1 fully saturated rings. The number of hydrogen-bond donors (Lipinski definition) is 2. The molecule has 0 aliphatic carbocycles. The van der Waals surface area contributed by atoms with Gasteiger partial charge in [-0.1, -0.05) is 34.6 Å². The van der Waals surface area contributed by atoms with Crippen LogP contribution in [-0.4, -0.2) is 41.1 Å². The molecule has 3 atom stereocenters. The van der Waals surface area contributed by atoms with Crippen molar-refractivity contribution >= 4 is 12.0 Å². The van der Waals surface area contributed by atoms with Gasteiger partial charge in [-0.3, -0.25) is 4.79 Å². The molecule has 1 rings (SSSR count). The Kier molecular flexibility index (Phi) is 4.82. The molecule has 0 aromatic rings. The van der Waals surface area contributed by atoms with Crippen LogP contribution in [0.25, 0.3) is 0 Å². The van der Waals surface area contributed by atoms with Gasteiger partial charge >= 0.3 is 12.0 Å². The number of hydrogen-bond acceptors (Lipinski definition) is 2. The van der Waals surface area contributed by atoms with Crippen LogP contribution in [0.5, 0.6) is 0 Å².